The fourth-order valence-electron chi connectivity index (χ4n) is 3.78. The van der Waals surface area contributed by atoms with E-state index >= 15 is 0 Å². The van der Waals surface area contributed by atoms with E-state index < -0.39 is 5.91 Å². The van der Waals surface area contributed by atoms with Crippen molar-refractivity contribution in [2.45, 2.75) is 0 Å². The zero-order chi connectivity index (χ0) is 24.2. The highest BCUT2D eigenvalue weighted by Crippen LogP contribution is 2.31. The third kappa shape index (κ3) is 4.79. The first-order valence-electron chi connectivity index (χ1n) is 10.9. The molecular weight excluding hydrogens is 430 g/mol. The van der Waals surface area contributed by atoms with Crippen LogP contribution in [0.15, 0.2) is 60.9 Å². The number of amides is 1. The molecule has 4 aromatic rings. The van der Waals surface area contributed by atoms with Gasteiger partial charge in [-0.1, -0.05) is 18.2 Å². The van der Waals surface area contributed by atoms with Crippen molar-refractivity contribution >= 4 is 34.1 Å². The molecule has 0 bridgehead atoms. The highest BCUT2D eigenvalue weighted by molar-refractivity contribution is 6.06. The summed E-state index contributed by atoms with van der Waals surface area (Å²) < 4.78 is 7.47. The Kier molecular flexibility index (Phi) is 6.65. The fraction of sp³-hybridized carbons (Fsp3) is 0.240. The quantitative estimate of drug-likeness (QED) is 0.396. The predicted molar refractivity (Wildman–Crippen MR) is 135 cm³/mol. The smallest absolute Gasteiger partial charge is 0.250 e. The molecule has 2 heterocycles. The van der Waals surface area contributed by atoms with Crippen LogP contribution in [-0.2, 0) is 0 Å². The Morgan fingerprint density at radius 1 is 1.12 bits per heavy atom. The average molecular weight is 460 g/mol. The van der Waals surface area contributed by atoms with Gasteiger partial charge in [0.05, 0.1) is 23.9 Å². The second kappa shape index (κ2) is 9.80. The summed E-state index contributed by atoms with van der Waals surface area (Å²) in [5.74, 6) is 1.31. The molecule has 9 nitrogen and oxygen atoms in total. The lowest BCUT2D eigenvalue weighted by Crippen LogP contribution is -2.28. The molecule has 9 heteroatoms. The van der Waals surface area contributed by atoms with Crippen LogP contribution in [-0.4, -0.2) is 66.7 Å². The Bertz CT molecular complexity index is 1320. The van der Waals surface area contributed by atoms with Crippen molar-refractivity contribution in [2.75, 3.05) is 51.6 Å². The van der Waals surface area contributed by atoms with E-state index in [-0.39, 0.29) is 0 Å². The Morgan fingerprint density at radius 3 is 2.65 bits per heavy atom. The fourth-order valence-corrected chi connectivity index (χ4v) is 3.78. The number of fused-ring (bicyclic) bond motifs is 1. The number of hydrogen-bond acceptors (Lipinski definition) is 7. The Labute approximate surface area is 198 Å². The van der Waals surface area contributed by atoms with Crippen LogP contribution in [0.1, 0.15) is 10.4 Å². The molecule has 0 fully saturated rings. The van der Waals surface area contributed by atoms with Crippen LogP contribution >= 0.6 is 0 Å². The van der Waals surface area contributed by atoms with Crippen molar-refractivity contribution in [3.63, 3.8) is 0 Å². The minimum Gasteiger partial charge on any atom is -0.495 e. The maximum Gasteiger partial charge on any atom is 0.250 e. The van der Waals surface area contributed by atoms with Crippen LogP contribution in [0.3, 0.4) is 0 Å². The van der Waals surface area contributed by atoms with E-state index in [1.165, 1.54) is 0 Å². The highest BCUT2D eigenvalue weighted by atomic mass is 16.5. The highest BCUT2D eigenvalue weighted by Gasteiger charge is 2.15. The number of nitrogens with zero attached hydrogens (tertiary/aromatic N) is 5. The van der Waals surface area contributed by atoms with Crippen molar-refractivity contribution in [3.8, 4) is 11.6 Å². The van der Waals surface area contributed by atoms with Gasteiger partial charge in [-0.3, -0.25) is 4.79 Å². The van der Waals surface area contributed by atoms with Gasteiger partial charge >= 0.3 is 0 Å². The molecule has 1 amide bonds. The zero-order valence-electron chi connectivity index (χ0n) is 19.8. The average Bonchev–Trinajstić information content (AvgIpc) is 3.23. The number of methoxy groups -OCH3 is 1. The van der Waals surface area contributed by atoms with Gasteiger partial charge in [0.15, 0.2) is 0 Å². The first kappa shape index (κ1) is 23.1. The van der Waals surface area contributed by atoms with Gasteiger partial charge in [-0.15, -0.1) is 0 Å². The number of nitrogens with two attached hydrogens (primary N) is 1. The molecule has 4 rings (SSSR count). The molecule has 2 aromatic heterocycles. The summed E-state index contributed by atoms with van der Waals surface area (Å²) in [5, 5.41) is 4.03. The third-order valence-electron chi connectivity index (χ3n) is 5.59. The lowest BCUT2D eigenvalue weighted by Gasteiger charge is -2.24. The molecule has 0 spiro atoms. The van der Waals surface area contributed by atoms with E-state index in [0.717, 1.165) is 41.1 Å². The summed E-state index contributed by atoms with van der Waals surface area (Å²) in [5.41, 5.74) is 8.67. The number of likely N-dealkylation sites (N-methyl/N-ethyl adjacent to an activating group) is 2. The van der Waals surface area contributed by atoms with Crippen molar-refractivity contribution < 1.29 is 9.53 Å². The molecule has 34 heavy (non-hydrogen) atoms. The molecule has 0 aliphatic heterocycles. The number of aromatic nitrogens is 3. The zero-order valence-corrected chi connectivity index (χ0v) is 19.8. The summed E-state index contributed by atoms with van der Waals surface area (Å²) in [6, 6.07) is 15.3. The molecule has 0 saturated carbocycles. The molecule has 0 aliphatic carbocycles. The molecule has 2 aromatic carbocycles. The van der Waals surface area contributed by atoms with E-state index in [2.05, 4.69) is 39.2 Å². The van der Waals surface area contributed by atoms with E-state index in [9.17, 15) is 4.79 Å². The van der Waals surface area contributed by atoms with Crippen LogP contribution in [0.25, 0.3) is 16.7 Å². The number of nitrogens with one attached hydrogen (secondary N) is 1. The van der Waals surface area contributed by atoms with Crippen molar-refractivity contribution in [3.05, 3.63) is 66.5 Å². The maximum absolute atomic E-state index is 11.9. The van der Waals surface area contributed by atoms with Crippen molar-refractivity contribution in [2.24, 2.45) is 5.73 Å². The molecular formula is C25H29N7O2. The number of hydrogen-bond donors (Lipinski definition) is 2. The first-order chi connectivity index (χ1) is 16.4. The summed E-state index contributed by atoms with van der Waals surface area (Å²) in [6.07, 6.45) is 3.38. The topological polar surface area (TPSA) is 102 Å². The maximum atomic E-state index is 11.9. The molecule has 176 valence electrons. The Balaban J connectivity index is 1.61. The molecule has 0 radical (unpaired) electrons. The molecule has 0 atom stereocenters. The largest absolute Gasteiger partial charge is 0.495 e. The first-order valence-corrected chi connectivity index (χ1v) is 10.9. The number of carbonyl (C=O) groups excluding carboxylic acids is 1. The minimum atomic E-state index is -0.481. The molecule has 0 unspecified atom stereocenters. The van der Waals surface area contributed by atoms with Gasteiger partial charge in [-0.25, -0.2) is 4.98 Å². The lowest BCUT2D eigenvalue weighted by molar-refractivity contribution is 0.100. The number of primary amides is 1. The molecule has 0 saturated heterocycles. The number of ether oxygens (including phenoxy) is 1. The summed E-state index contributed by atoms with van der Waals surface area (Å²) in [4.78, 5) is 25.2. The molecule has 0 aliphatic rings. The van der Waals surface area contributed by atoms with Crippen LogP contribution < -0.4 is 20.7 Å². The second-order valence-corrected chi connectivity index (χ2v) is 8.27. The van der Waals surface area contributed by atoms with Gasteiger partial charge in [0, 0.05) is 49.7 Å². The van der Waals surface area contributed by atoms with Gasteiger partial charge in [0.1, 0.15) is 11.6 Å². The summed E-state index contributed by atoms with van der Waals surface area (Å²) in [6.45, 7) is 1.81. The van der Waals surface area contributed by atoms with Gasteiger partial charge < -0.3 is 30.2 Å². The third-order valence-corrected chi connectivity index (χ3v) is 5.59. The van der Waals surface area contributed by atoms with Crippen LogP contribution in [0, 0.1) is 0 Å². The Morgan fingerprint density at radius 2 is 1.91 bits per heavy atom. The second-order valence-electron chi connectivity index (χ2n) is 8.27. The van der Waals surface area contributed by atoms with Crippen molar-refractivity contribution in [1.82, 2.24) is 19.4 Å². The van der Waals surface area contributed by atoms with E-state index in [4.69, 9.17) is 10.5 Å². The predicted octanol–water partition coefficient (Wildman–Crippen LogP) is 3.27. The summed E-state index contributed by atoms with van der Waals surface area (Å²) in [7, 11) is 7.81. The van der Waals surface area contributed by atoms with E-state index in [1.54, 1.807) is 25.6 Å². The SMILES string of the molecule is COc1cc(Nc2nccc(-n3cc(C(N)=O)c4ccccc43)n2)ccc1N(C)CCN(C)C. The lowest BCUT2D eigenvalue weighted by atomic mass is 10.2. The van der Waals surface area contributed by atoms with E-state index in [0.29, 0.717) is 17.3 Å². The number of para-hydroxylation sites is 1. The number of anilines is 3. The van der Waals surface area contributed by atoms with Crippen LogP contribution in [0.2, 0.25) is 0 Å². The van der Waals surface area contributed by atoms with Gasteiger partial charge in [0.2, 0.25) is 5.95 Å². The van der Waals surface area contributed by atoms with Crippen LogP contribution in [0.5, 0.6) is 5.75 Å². The normalized spacial score (nSPS) is 11.1. The van der Waals surface area contributed by atoms with Crippen LogP contribution in [0.4, 0.5) is 17.3 Å². The van der Waals surface area contributed by atoms with Gasteiger partial charge in [-0.05, 0) is 38.4 Å². The number of carbonyl (C=O) groups is 1. The number of benzene rings is 2. The molecule has 3 N–H and O–H groups in total. The number of rotatable bonds is 9. The monoisotopic (exact) mass is 459 g/mol. The van der Waals surface area contributed by atoms with Gasteiger partial charge in [0.25, 0.3) is 5.91 Å². The standard InChI is InChI=1S/C25H29N7O2/c1-30(2)13-14-31(3)21-10-9-17(15-22(21)34-4)28-25-27-12-11-23(29-25)32-16-19(24(26)33)18-7-5-6-8-20(18)32/h5-12,15-16H,13-14H2,1-4H3,(H2,26,33)(H,27,28,29). The summed E-state index contributed by atoms with van der Waals surface area (Å²) >= 11 is 0. The minimum absolute atomic E-state index is 0.423. The Hall–Kier alpha value is -4.11. The van der Waals surface area contributed by atoms with Gasteiger partial charge in [-0.2, -0.15) is 4.98 Å². The van der Waals surface area contributed by atoms with Crippen molar-refractivity contribution in [1.29, 1.82) is 0 Å². The van der Waals surface area contributed by atoms with E-state index in [1.807, 2.05) is 54.1 Å².